The minimum absolute atomic E-state index is 0.170. The fraction of sp³-hybridized carbons (Fsp3) is 0.333. The normalized spacial score (nSPS) is 27.8. The molecule has 5 rings (SSSR count). The maximum Gasteiger partial charge on any atom is 0.250 e. The van der Waals surface area contributed by atoms with Crippen molar-refractivity contribution in [2.24, 2.45) is 17.6 Å². The predicted octanol–water partition coefficient (Wildman–Crippen LogP) is 1.49. The third kappa shape index (κ3) is 3.16. The molecule has 4 atom stereocenters. The minimum atomic E-state index is -1.50. The first-order valence-corrected chi connectivity index (χ1v) is 11.2. The second-order valence-electron chi connectivity index (χ2n) is 8.92. The second-order valence-corrected chi connectivity index (χ2v) is 9.33. The summed E-state index contributed by atoms with van der Waals surface area (Å²) in [7, 11) is 0. The van der Waals surface area contributed by atoms with E-state index in [9.17, 15) is 19.2 Å². The zero-order valence-corrected chi connectivity index (χ0v) is 18.7. The summed E-state index contributed by atoms with van der Waals surface area (Å²) >= 11 is 6.40. The average molecular weight is 467 g/mol. The Balaban J connectivity index is 1.57. The Morgan fingerprint density at radius 1 is 1.15 bits per heavy atom. The van der Waals surface area contributed by atoms with Crippen molar-refractivity contribution in [1.29, 1.82) is 0 Å². The standard InChI is InChI=1S/C24H23ClN4O4/c1-12-9-14-20(15(25)10-12)27-23(33)24(14)19-18(16(28-24)11-17(26)30)21(31)29(22(19)32)8-7-13-5-3-2-4-6-13/h2-6,9-10,16,18-19,28H,7-8,11H2,1H3,(H2,26,30)(H,27,33). The van der Waals surface area contributed by atoms with Crippen molar-refractivity contribution in [3.8, 4) is 0 Å². The highest BCUT2D eigenvalue weighted by Gasteiger charge is 2.70. The largest absolute Gasteiger partial charge is 0.370 e. The van der Waals surface area contributed by atoms with Gasteiger partial charge in [-0.3, -0.25) is 29.4 Å². The number of benzene rings is 2. The Hall–Kier alpha value is -3.23. The SMILES string of the molecule is Cc1cc(Cl)c2c(c1)C1(NC(CC(N)=O)C3C(=O)N(CCc4ccccc4)C(=O)C31)C(=O)N2. The maximum atomic E-state index is 13.7. The van der Waals surface area contributed by atoms with E-state index in [4.69, 9.17) is 17.3 Å². The van der Waals surface area contributed by atoms with Crippen molar-refractivity contribution in [2.75, 3.05) is 11.9 Å². The van der Waals surface area contributed by atoms with E-state index in [0.29, 0.717) is 22.7 Å². The summed E-state index contributed by atoms with van der Waals surface area (Å²) in [6.07, 6.45) is 0.322. The molecule has 33 heavy (non-hydrogen) atoms. The van der Waals surface area contributed by atoms with Gasteiger partial charge in [0.05, 0.1) is 22.5 Å². The van der Waals surface area contributed by atoms with Crippen LogP contribution < -0.4 is 16.4 Å². The van der Waals surface area contributed by atoms with Crippen LogP contribution in [0.2, 0.25) is 5.02 Å². The predicted molar refractivity (Wildman–Crippen MR) is 121 cm³/mol. The monoisotopic (exact) mass is 466 g/mol. The Morgan fingerprint density at radius 2 is 1.88 bits per heavy atom. The summed E-state index contributed by atoms with van der Waals surface area (Å²) in [6, 6.07) is 12.3. The summed E-state index contributed by atoms with van der Waals surface area (Å²) in [5.41, 5.74) is 6.70. The van der Waals surface area contributed by atoms with Gasteiger partial charge < -0.3 is 11.1 Å². The number of nitrogens with two attached hydrogens (primary N) is 1. The average Bonchev–Trinajstić information content (AvgIpc) is 3.33. The third-order valence-electron chi connectivity index (χ3n) is 6.90. The molecule has 4 amide bonds. The van der Waals surface area contributed by atoms with Gasteiger partial charge in [0.2, 0.25) is 23.6 Å². The van der Waals surface area contributed by atoms with Crippen LogP contribution in [-0.4, -0.2) is 41.1 Å². The number of carbonyl (C=O) groups is 4. The molecule has 3 aliphatic rings. The molecule has 0 saturated carbocycles. The quantitative estimate of drug-likeness (QED) is 0.576. The molecule has 2 aromatic rings. The van der Waals surface area contributed by atoms with Crippen LogP contribution in [0.4, 0.5) is 5.69 Å². The molecule has 3 aliphatic heterocycles. The number of nitrogens with zero attached hydrogens (tertiary/aromatic N) is 1. The van der Waals surface area contributed by atoms with Crippen LogP contribution in [0.1, 0.15) is 23.1 Å². The Bertz CT molecular complexity index is 1200. The van der Waals surface area contributed by atoms with Gasteiger partial charge in [0.1, 0.15) is 5.54 Å². The highest BCUT2D eigenvalue weighted by atomic mass is 35.5. The third-order valence-corrected chi connectivity index (χ3v) is 7.20. The van der Waals surface area contributed by atoms with Crippen molar-refractivity contribution in [3.63, 3.8) is 0 Å². The Kier molecular flexibility index (Phi) is 5.02. The molecule has 0 bridgehead atoms. The van der Waals surface area contributed by atoms with Gasteiger partial charge >= 0.3 is 0 Å². The maximum absolute atomic E-state index is 13.7. The summed E-state index contributed by atoms with van der Waals surface area (Å²) in [6.45, 7) is 2.03. The van der Waals surface area contributed by atoms with Crippen molar-refractivity contribution in [2.45, 2.75) is 31.3 Å². The molecule has 8 nitrogen and oxygen atoms in total. The number of imide groups is 1. The van der Waals surface area contributed by atoms with Gasteiger partial charge in [-0.15, -0.1) is 0 Å². The Morgan fingerprint density at radius 3 is 2.58 bits per heavy atom. The van der Waals surface area contributed by atoms with Crippen molar-refractivity contribution < 1.29 is 19.2 Å². The molecule has 0 radical (unpaired) electrons. The van der Waals surface area contributed by atoms with Crippen LogP contribution in [-0.2, 0) is 31.1 Å². The number of rotatable bonds is 5. The first kappa shape index (κ1) is 21.6. The van der Waals surface area contributed by atoms with Crippen LogP contribution in [0, 0.1) is 18.8 Å². The van der Waals surface area contributed by atoms with Crippen molar-refractivity contribution >= 4 is 40.9 Å². The molecule has 1 spiro atoms. The lowest BCUT2D eigenvalue weighted by molar-refractivity contribution is -0.142. The zero-order valence-electron chi connectivity index (χ0n) is 17.9. The Labute approximate surface area is 195 Å². The van der Waals surface area contributed by atoms with Crippen molar-refractivity contribution in [3.05, 3.63) is 64.2 Å². The van der Waals surface area contributed by atoms with Gasteiger partial charge in [-0.05, 0) is 30.5 Å². The number of amides is 4. The fourth-order valence-electron chi connectivity index (χ4n) is 5.55. The lowest BCUT2D eigenvalue weighted by Gasteiger charge is -2.29. The number of carbonyl (C=O) groups excluding carboxylic acids is 4. The molecule has 2 aromatic carbocycles. The van der Waals surface area contributed by atoms with Crippen LogP contribution in [0.25, 0.3) is 0 Å². The summed E-state index contributed by atoms with van der Waals surface area (Å²) in [5, 5.41) is 6.32. The van der Waals surface area contributed by atoms with Crippen molar-refractivity contribution in [1.82, 2.24) is 10.2 Å². The number of fused-ring (bicyclic) bond motifs is 4. The molecule has 3 heterocycles. The number of likely N-dealkylation sites (tertiary alicyclic amines) is 1. The van der Waals surface area contributed by atoms with E-state index < -0.39 is 47.0 Å². The van der Waals surface area contributed by atoms with Gasteiger partial charge in [-0.2, -0.15) is 0 Å². The molecule has 0 aromatic heterocycles. The highest BCUT2D eigenvalue weighted by Crippen LogP contribution is 2.54. The topological polar surface area (TPSA) is 122 Å². The van der Waals surface area contributed by atoms with E-state index in [2.05, 4.69) is 10.6 Å². The molecule has 2 saturated heterocycles. The molecule has 9 heteroatoms. The highest BCUT2D eigenvalue weighted by molar-refractivity contribution is 6.35. The summed E-state index contributed by atoms with van der Waals surface area (Å²) in [4.78, 5) is 53.6. The molecule has 2 fully saturated rings. The van der Waals surface area contributed by atoms with Crippen LogP contribution >= 0.6 is 11.6 Å². The van der Waals surface area contributed by atoms with E-state index in [1.54, 1.807) is 12.1 Å². The van der Waals surface area contributed by atoms with Crippen LogP contribution in [0.5, 0.6) is 0 Å². The van der Waals surface area contributed by atoms with Gasteiger partial charge in [0.25, 0.3) is 0 Å². The lowest BCUT2D eigenvalue weighted by atomic mass is 9.76. The van der Waals surface area contributed by atoms with E-state index >= 15 is 0 Å². The van der Waals surface area contributed by atoms with Gasteiger partial charge in [-0.1, -0.05) is 48.0 Å². The van der Waals surface area contributed by atoms with E-state index in [1.807, 2.05) is 37.3 Å². The molecule has 170 valence electrons. The van der Waals surface area contributed by atoms with E-state index in [0.717, 1.165) is 11.1 Å². The number of hydrogen-bond acceptors (Lipinski definition) is 5. The first-order valence-electron chi connectivity index (χ1n) is 10.8. The van der Waals surface area contributed by atoms with Gasteiger partial charge in [0, 0.05) is 24.6 Å². The zero-order chi connectivity index (χ0) is 23.5. The molecule has 0 aliphatic carbocycles. The second kappa shape index (κ2) is 7.67. The van der Waals surface area contributed by atoms with Crippen LogP contribution in [0.3, 0.4) is 0 Å². The lowest BCUT2D eigenvalue weighted by Crippen LogP contribution is -2.53. The first-order chi connectivity index (χ1) is 15.7. The number of anilines is 1. The number of primary amides is 1. The number of nitrogens with one attached hydrogen (secondary N) is 2. The molecule has 4 N–H and O–H groups in total. The van der Waals surface area contributed by atoms with Gasteiger partial charge in [-0.25, -0.2) is 0 Å². The summed E-state index contributed by atoms with van der Waals surface area (Å²) < 4.78 is 0. The summed E-state index contributed by atoms with van der Waals surface area (Å²) in [5.74, 6) is -3.77. The molecule has 4 unspecified atom stereocenters. The molecular formula is C24H23ClN4O4. The van der Waals surface area contributed by atoms with Crippen LogP contribution in [0.15, 0.2) is 42.5 Å². The minimum Gasteiger partial charge on any atom is -0.370 e. The number of hydrogen-bond donors (Lipinski definition) is 3. The fourth-order valence-corrected chi connectivity index (χ4v) is 5.87. The van der Waals surface area contributed by atoms with E-state index in [-0.39, 0.29) is 13.0 Å². The number of aryl methyl sites for hydroxylation is 1. The smallest absolute Gasteiger partial charge is 0.250 e. The van der Waals surface area contributed by atoms with Gasteiger partial charge in [0.15, 0.2) is 0 Å². The molecular weight excluding hydrogens is 444 g/mol. The van der Waals surface area contributed by atoms with E-state index in [1.165, 1.54) is 4.90 Å². The number of halogens is 1.